The van der Waals surface area contributed by atoms with Crippen molar-refractivity contribution in [3.8, 4) is 11.1 Å². The van der Waals surface area contributed by atoms with Gasteiger partial charge in [-0.15, -0.1) is 0 Å². The normalized spacial score (nSPS) is 11.8. The number of rotatable bonds is 5. The minimum Gasteiger partial charge on any atom is -0.332 e. The fourth-order valence-electron chi connectivity index (χ4n) is 3.56. The maximum absolute atomic E-state index is 6.27. The summed E-state index contributed by atoms with van der Waals surface area (Å²) >= 11 is 12.5. The van der Waals surface area contributed by atoms with Gasteiger partial charge in [-0.2, -0.15) is 0 Å². The van der Waals surface area contributed by atoms with Crippen LogP contribution in [0.25, 0.3) is 11.1 Å². The van der Waals surface area contributed by atoms with Crippen LogP contribution in [0.3, 0.4) is 0 Å². The fourth-order valence-corrected chi connectivity index (χ4v) is 4.09. The van der Waals surface area contributed by atoms with Crippen molar-refractivity contribution in [1.82, 2.24) is 9.97 Å². The zero-order valence-electron chi connectivity index (χ0n) is 15.8. The first kappa shape index (κ1) is 19.4. The summed E-state index contributed by atoms with van der Waals surface area (Å²) in [6.45, 7) is 2.17. The fraction of sp³-hybridized carbons (Fsp3) is 0.0833. The van der Waals surface area contributed by atoms with Crippen LogP contribution in [0.2, 0.25) is 10.0 Å². The van der Waals surface area contributed by atoms with E-state index in [1.54, 1.807) is 18.5 Å². The maximum atomic E-state index is 6.27. The summed E-state index contributed by atoms with van der Waals surface area (Å²) < 4.78 is 0. The summed E-state index contributed by atoms with van der Waals surface area (Å²) in [5.74, 6) is 0. The van der Waals surface area contributed by atoms with Crippen molar-refractivity contribution < 1.29 is 0 Å². The minimum absolute atomic E-state index is 0.0114. The SMILES string of the molecule is CC(c1ccccc1-c1cc(Cl)cc(Cl)c1)N(c1cccnc1)c1cccnc1. The van der Waals surface area contributed by atoms with Crippen LogP contribution in [-0.4, -0.2) is 9.97 Å². The second-order valence-corrected chi connectivity index (χ2v) is 7.59. The van der Waals surface area contributed by atoms with Crippen LogP contribution in [0.1, 0.15) is 18.5 Å². The van der Waals surface area contributed by atoms with Crippen molar-refractivity contribution in [3.05, 3.63) is 107 Å². The van der Waals surface area contributed by atoms with Crippen molar-refractivity contribution >= 4 is 34.6 Å². The van der Waals surface area contributed by atoms with Crippen LogP contribution < -0.4 is 4.90 Å². The van der Waals surface area contributed by atoms with Gasteiger partial charge in [-0.1, -0.05) is 47.5 Å². The zero-order chi connectivity index (χ0) is 20.2. The molecule has 0 bridgehead atoms. The molecule has 1 unspecified atom stereocenters. The third-order valence-corrected chi connectivity index (χ3v) is 5.26. The van der Waals surface area contributed by atoms with Crippen molar-refractivity contribution in [2.24, 2.45) is 0 Å². The Morgan fingerprint density at radius 3 is 1.90 bits per heavy atom. The van der Waals surface area contributed by atoms with E-state index in [0.717, 1.165) is 28.1 Å². The van der Waals surface area contributed by atoms with Gasteiger partial charge < -0.3 is 4.90 Å². The molecule has 0 aliphatic rings. The summed E-state index contributed by atoms with van der Waals surface area (Å²) in [7, 11) is 0. The lowest BCUT2D eigenvalue weighted by molar-refractivity contribution is 0.772. The van der Waals surface area contributed by atoms with Gasteiger partial charge in [-0.25, -0.2) is 0 Å². The van der Waals surface area contributed by atoms with Gasteiger partial charge in [0.1, 0.15) is 0 Å². The van der Waals surface area contributed by atoms with E-state index in [9.17, 15) is 0 Å². The maximum Gasteiger partial charge on any atom is 0.0603 e. The van der Waals surface area contributed by atoms with E-state index in [-0.39, 0.29) is 6.04 Å². The first-order valence-corrected chi connectivity index (χ1v) is 10.0. The largest absolute Gasteiger partial charge is 0.332 e. The summed E-state index contributed by atoms with van der Waals surface area (Å²) in [4.78, 5) is 10.9. The monoisotopic (exact) mass is 419 g/mol. The van der Waals surface area contributed by atoms with Crippen LogP contribution in [0.5, 0.6) is 0 Å². The number of anilines is 2. The van der Waals surface area contributed by atoms with E-state index in [1.165, 1.54) is 0 Å². The highest BCUT2D eigenvalue weighted by molar-refractivity contribution is 6.35. The highest BCUT2D eigenvalue weighted by Crippen LogP contribution is 2.39. The molecule has 0 aliphatic carbocycles. The van der Waals surface area contributed by atoms with Crippen LogP contribution >= 0.6 is 23.2 Å². The lowest BCUT2D eigenvalue weighted by Crippen LogP contribution is -2.22. The van der Waals surface area contributed by atoms with E-state index < -0.39 is 0 Å². The number of nitrogens with zero attached hydrogens (tertiary/aromatic N) is 3. The lowest BCUT2D eigenvalue weighted by atomic mass is 9.94. The number of aromatic nitrogens is 2. The molecule has 2 aromatic heterocycles. The molecule has 0 amide bonds. The van der Waals surface area contributed by atoms with Gasteiger partial charge in [-0.05, 0) is 66.1 Å². The first-order chi connectivity index (χ1) is 14.1. The van der Waals surface area contributed by atoms with E-state index >= 15 is 0 Å². The molecule has 29 heavy (non-hydrogen) atoms. The third-order valence-electron chi connectivity index (χ3n) is 4.82. The van der Waals surface area contributed by atoms with E-state index in [2.05, 4.69) is 46.1 Å². The van der Waals surface area contributed by atoms with Crippen molar-refractivity contribution in [1.29, 1.82) is 0 Å². The van der Waals surface area contributed by atoms with Gasteiger partial charge in [-0.3, -0.25) is 9.97 Å². The number of benzene rings is 2. The molecule has 0 spiro atoms. The second kappa shape index (κ2) is 8.64. The van der Waals surface area contributed by atoms with Gasteiger partial charge in [0, 0.05) is 22.4 Å². The molecule has 5 heteroatoms. The molecule has 144 valence electrons. The van der Waals surface area contributed by atoms with Crippen LogP contribution in [0, 0.1) is 0 Å². The minimum atomic E-state index is 0.0114. The summed E-state index contributed by atoms with van der Waals surface area (Å²) in [6, 6.07) is 21.9. The highest BCUT2D eigenvalue weighted by Gasteiger charge is 2.22. The van der Waals surface area contributed by atoms with Gasteiger partial charge >= 0.3 is 0 Å². The Balaban J connectivity index is 1.85. The topological polar surface area (TPSA) is 29.0 Å². The molecule has 0 radical (unpaired) electrons. The number of pyridine rings is 2. The van der Waals surface area contributed by atoms with Crippen LogP contribution in [0.15, 0.2) is 91.5 Å². The van der Waals surface area contributed by atoms with Crippen LogP contribution in [-0.2, 0) is 0 Å². The molecular weight excluding hydrogens is 401 g/mol. The van der Waals surface area contributed by atoms with Gasteiger partial charge in [0.25, 0.3) is 0 Å². The van der Waals surface area contributed by atoms with E-state index in [4.69, 9.17) is 23.2 Å². The molecule has 0 saturated heterocycles. The molecule has 0 aliphatic heterocycles. The average Bonchev–Trinajstić information content (AvgIpc) is 2.75. The molecule has 2 aromatic carbocycles. The molecule has 0 N–H and O–H groups in total. The molecule has 3 nitrogen and oxygen atoms in total. The Morgan fingerprint density at radius 1 is 0.759 bits per heavy atom. The quantitative estimate of drug-likeness (QED) is 0.338. The number of hydrogen-bond donors (Lipinski definition) is 0. The van der Waals surface area contributed by atoms with E-state index in [1.807, 2.05) is 48.8 Å². The third kappa shape index (κ3) is 4.26. The van der Waals surface area contributed by atoms with Crippen molar-refractivity contribution in [3.63, 3.8) is 0 Å². The van der Waals surface area contributed by atoms with Gasteiger partial charge in [0.2, 0.25) is 0 Å². The molecule has 0 fully saturated rings. The highest BCUT2D eigenvalue weighted by atomic mass is 35.5. The summed E-state index contributed by atoms with van der Waals surface area (Å²) in [6.07, 6.45) is 7.28. The Bertz CT molecular complexity index is 1040. The van der Waals surface area contributed by atoms with E-state index in [0.29, 0.717) is 10.0 Å². The molecule has 4 rings (SSSR count). The Hall–Kier alpha value is -2.88. The number of halogens is 2. The smallest absolute Gasteiger partial charge is 0.0603 e. The predicted octanol–water partition coefficient (Wildman–Crippen LogP) is 7.35. The summed E-state index contributed by atoms with van der Waals surface area (Å²) in [5, 5.41) is 1.23. The standard InChI is InChI=1S/C24H19Cl2N3/c1-17(29(21-6-4-10-27-15-21)22-7-5-11-28-16-22)23-8-2-3-9-24(23)18-12-19(25)14-20(26)13-18/h2-17H,1H3. The Morgan fingerprint density at radius 2 is 1.34 bits per heavy atom. The molecule has 0 saturated carbocycles. The lowest BCUT2D eigenvalue weighted by Gasteiger charge is -2.32. The molecule has 2 heterocycles. The van der Waals surface area contributed by atoms with Crippen LogP contribution in [0.4, 0.5) is 11.4 Å². The summed E-state index contributed by atoms with van der Waals surface area (Å²) in [5.41, 5.74) is 5.21. The first-order valence-electron chi connectivity index (χ1n) is 9.28. The Labute approximate surface area is 180 Å². The number of hydrogen-bond acceptors (Lipinski definition) is 3. The molecule has 1 atom stereocenters. The molecular formula is C24H19Cl2N3. The molecule has 4 aromatic rings. The predicted molar refractivity (Wildman–Crippen MR) is 121 cm³/mol. The Kier molecular flexibility index (Phi) is 5.79. The average molecular weight is 420 g/mol. The van der Waals surface area contributed by atoms with Crippen molar-refractivity contribution in [2.75, 3.05) is 4.90 Å². The van der Waals surface area contributed by atoms with Crippen molar-refractivity contribution in [2.45, 2.75) is 13.0 Å². The van der Waals surface area contributed by atoms with Gasteiger partial charge in [0.05, 0.1) is 29.8 Å². The zero-order valence-corrected chi connectivity index (χ0v) is 17.3. The van der Waals surface area contributed by atoms with Gasteiger partial charge in [0.15, 0.2) is 0 Å². The second-order valence-electron chi connectivity index (χ2n) is 6.71.